The Kier molecular flexibility index (Phi) is 38.7. The van der Waals surface area contributed by atoms with Gasteiger partial charge in [0.05, 0.1) is 13.2 Å². The van der Waals surface area contributed by atoms with Crippen molar-refractivity contribution in [2.45, 2.75) is 270 Å². The first-order chi connectivity index (χ1) is 32.7. The van der Waals surface area contributed by atoms with Crippen molar-refractivity contribution >= 4 is 23.9 Å². The molecule has 11 heteroatoms. The zero-order valence-electron chi connectivity index (χ0n) is 44.2. The number of rotatable bonds is 45. The van der Waals surface area contributed by atoms with E-state index in [1.807, 2.05) is 0 Å². The second kappa shape index (κ2) is 42.6. The Hall–Kier alpha value is -2.24. The Balaban J connectivity index is 1.70. The minimum absolute atomic E-state index is 0.0475. The summed E-state index contributed by atoms with van der Waals surface area (Å²) >= 11 is 0. The number of likely N-dealkylation sites (N-methyl/N-ethyl adjacent to an activating group) is 1. The van der Waals surface area contributed by atoms with Crippen LogP contribution in [0.15, 0.2) is 0 Å². The molecule has 0 aliphatic carbocycles. The van der Waals surface area contributed by atoms with Crippen LogP contribution in [0.4, 0.5) is 0 Å². The summed E-state index contributed by atoms with van der Waals surface area (Å²) in [6, 6.07) is -0.443. The zero-order valence-corrected chi connectivity index (χ0v) is 44.2. The molecule has 2 saturated heterocycles. The van der Waals surface area contributed by atoms with Gasteiger partial charge in [-0.2, -0.15) is 0 Å². The molecule has 0 unspecified atom stereocenters. The maximum absolute atomic E-state index is 13.5. The third kappa shape index (κ3) is 33.9. The fraction of sp³-hybridized carbons (Fsp3) is 0.929. The highest BCUT2D eigenvalue weighted by Gasteiger charge is 2.39. The van der Waals surface area contributed by atoms with Gasteiger partial charge in [-0.3, -0.25) is 24.1 Å². The lowest BCUT2D eigenvalue weighted by molar-refractivity contribution is -0.151. The van der Waals surface area contributed by atoms with E-state index in [-0.39, 0.29) is 36.1 Å². The van der Waals surface area contributed by atoms with Gasteiger partial charge < -0.3 is 28.7 Å². The summed E-state index contributed by atoms with van der Waals surface area (Å²) in [6.07, 6.45) is 37.3. The van der Waals surface area contributed by atoms with Crippen molar-refractivity contribution in [3.05, 3.63) is 0 Å². The first-order valence-corrected chi connectivity index (χ1v) is 28.6. The molecule has 67 heavy (non-hydrogen) atoms. The number of hydrogen-bond donors (Lipinski definition) is 0. The third-order valence-corrected chi connectivity index (χ3v) is 14.1. The van der Waals surface area contributed by atoms with Crippen LogP contribution in [0.1, 0.15) is 252 Å². The van der Waals surface area contributed by atoms with E-state index in [0.29, 0.717) is 52.0 Å². The van der Waals surface area contributed by atoms with Gasteiger partial charge in [0.2, 0.25) is 0 Å². The highest BCUT2D eigenvalue weighted by Crippen LogP contribution is 2.24. The van der Waals surface area contributed by atoms with Gasteiger partial charge in [0, 0.05) is 58.4 Å². The summed E-state index contributed by atoms with van der Waals surface area (Å²) in [5.41, 5.74) is 0. The number of carbonyl (C=O) groups is 4. The number of piperazine rings is 1. The zero-order chi connectivity index (χ0) is 48.4. The van der Waals surface area contributed by atoms with Gasteiger partial charge in [-0.25, -0.2) is 0 Å². The smallest absolute Gasteiger partial charge is 0.323 e. The second-order valence-corrected chi connectivity index (χ2v) is 20.4. The molecule has 0 saturated carbocycles. The minimum Gasteiger partial charge on any atom is -0.466 e. The van der Waals surface area contributed by atoms with Gasteiger partial charge >= 0.3 is 23.9 Å². The van der Waals surface area contributed by atoms with Gasteiger partial charge in [0.25, 0.3) is 0 Å². The van der Waals surface area contributed by atoms with Crippen LogP contribution < -0.4 is 0 Å². The van der Waals surface area contributed by atoms with E-state index in [2.05, 4.69) is 42.5 Å². The van der Waals surface area contributed by atoms with Crippen LogP contribution in [-0.4, -0.2) is 123 Å². The van der Waals surface area contributed by atoms with Crippen molar-refractivity contribution in [2.24, 2.45) is 0 Å². The number of esters is 4. The summed E-state index contributed by atoms with van der Waals surface area (Å²) in [7, 11) is 2.15. The molecule has 2 atom stereocenters. The van der Waals surface area contributed by atoms with Crippen molar-refractivity contribution in [3.8, 4) is 0 Å². The van der Waals surface area contributed by atoms with Crippen molar-refractivity contribution < 1.29 is 38.1 Å². The van der Waals surface area contributed by atoms with Crippen LogP contribution in [0.5, 0.6) is 0 Å². The largest absolute Gasteiger partial charge is 0.466 e. The molecular weight excluding hydrogens is 843 g/mol. The van der Waals surface area contributed by atoms with E-state index in [1.165, 1.54) is 109 Å². The number of hydrogen-bond acceptors (Lipinski definition) is 11. The Labute approximate surface area is 411 Å². The van der Waals surface area contributed by atoms with E-state index in [9.17, 15) is 19.2 Å². The van der Waals surface area contributed by atoms with Gasteiger partial charge in [-0.1, -0.05) is 162 Å². The fourth-order valence-corrected chi connectivity index (χ4v) is 9.62. The van der Waals surface area contributed by atoms with Crippen LogP contribution in [0.2, 0.25) is 0 Å². The van der Waals surface area contributed by atoms with Gasteiger partial charge in [0.1, 0.15) is 18.2 Å². The molecular formula is C56H105N3O8. The molecule has 2 aliphatic heterocycles. The summed E-state index contributed by atoms with van der Waals surface area (Å²) in [4.78, 5) is 58.5. The summed E-state index contributed by atoms with van der Waals surface area (Å²) in [5.74, 6) is -0.601. The molecule has 2 heterocycles. The van der Waals surface area contributed by atoms with Crippen molar-refractivity contribution in [1.29, 1.82) is 0 Å². The molecule has 0 N–H and O–H groups in total. The van der Waals surface area contributed by atoms with Crippen molar-refractivity contribution in [3.63, 3.8) is 0 Å². The number of ether oxygens (including phenoxy) is 4. The third-order valence-electron chi connectivity index (χ3n) is 14.1. The molecule has 392 valence electrons. The first kappa shape index (κ1) is 60.9. The SMILES string of the molecule is CCCCCCCCCCCOC(=O)CCCCCN1C[C@@H](OC(=O)CCCN2CCN(C)CC2)C[C@H]1C(=O)OCCCCCCCC(=O)OC(CCCCCCCC)CCCCCCCC. The molecule has 2 aliphatic rings. The van der Waals surface area contributed by atoms with Gasteiger partial charge in [-0.05, 0) is 84.3 Å². The van der Waals surface area contributed by atoms with Crippen LogP contribution in [-0.2, 0) is 38.1 Å². The summed E-state index contributed by atoms with van der Waals surface area (Å²) < 4.78 is 23.3. The van der Waals surface area contributed by atoms with Gasteiger partial charge in [-0.15, -0.1) is 0 Å². The highest BCUT2D eigenvalue weighted by molar-refractivity contribution is 5.76. The lowest BCUT2D eigenvalue weighted by atomic mass is 10.0. The standard InChI is InChI=1S/C56H105N3O8/c1-5-8-11-14-17-18-19-24-32-46-64-53(60)37-30-26-31-41-59-49-51(67-55(62)39-34-40-58-44-42-57(4)43-45-58)48-52(59)56(63)65-47-33-25-20-23-29-38-54(61)66-50(35-27-21-15-12-9-6-2)36-28-22-16-13-10-7-3/h50-52H,5-49H2,1-4H3/t51-,52-/m0/s1. The Morgan fingerprint density at radius 1 is 0.478 bits per heavy atom. The summed E-state index contributed by atoms with van der Waals surface area (Å²) in [5, 5.41) is 0. The Bertz CT molecular complexity index is 1200. The molecule has 0 amide bonds. The second-order valence-electron chi connectivity index (χ2n) is 20.4. The number of likely N-dealkylation sites (tertiary alicyclic amines) is 1. The van der Waals surface area contributed by atoms with Crippen LogP contribution in [0.3, 0.4) is 0 Å². The van der Waals surface area contributed by atoms with Crippen molar-refractivity contribution in [1.82, 2.24) is 14.7 Å². The number of unbranched alkanes of at least 4 members (excludes halogenated alkanes) is 24. The number of nitrogens with zero attached hydrogens (tertiary/aromatic N) is 3. The van der Waals surface area contributed by atoms with Crippen molar-refractivity contribution in [2.75, 3.05) is 66.1 Å². The predicted molar refractivity (Wildman–Crippen MR) is 274 cm³/mol. The molecule has 0 aromatic carbocycles. The van der Waals surface area contributed by atoms with E-state index in [0.717, 1.165) is 129 Å². The van der Waals surface area contributed by atoms with Gasteiger partial charge in [0.15, 0.2) is 0 Å². The Morgan fingerprint density at radius 2 is 0.940 bits per heavy atom. The molecule has 2 fully saturated rings. The molecule has 0 spiro atoms. The molecule has 2 rings (SSSR count). The fourth-order valence-electron chi connectivity index (χ4n) is 9.62. The van der Waals surface area contributed by atoms with Crippen LogP contribution >= 0.6 is 0 Å². The van der Waals surface area contributed by atoms with E-state index < -0.39 is 6.04 Å². The van der Waals surface area contributed by atoms with E-state index in [1.54, 1.807) is 0 Å². The highest BCUT2D eigenvalue weighted by atomic mass is 16.6. The summed E-state index contributed by atoms with van der Waals surface area (Å²) in [6.45, 7) is 13.9. The number of carbonyl (C=O) groups excluding carboxylic acids is 4. The first-order valence-electron chi connectivity index (χ1n) is 28.6. The van der Waals surface area contributed by atoms with Crippen LogP contribution in [0, 0.1) is 0 Å². The quantitative estimate of drug-likeness (QED) is 0.0330. The van der Waals surface area contributed by atoms with E-state index >= 15 is 0 Å². The predicted octanol–water partition coefficient (Wildman–Crippen LogP) is 12.9. The lowest BCUT2D eigenvalue weighted by Gasteiger charge is -2.32. The molecule has 0 aromatic heterocycles. The molecule has 11 nitrogen and oxygen atoms in total. The molecule has 0 aromatic rings. The lowest BCUT2D eigenvalue weighted by Crippen LogP contribution is -2.44. The normalized spacial score (nSPS) is 17.0. The monoisotopic (exact) mass is 948 g/mol. The van der Waals surface area contributed by atoms with E-state index in [4.69, 9.17) is 18.9 Å². The topological polar surface area (TPSA) is 115 Å². The average Bonchev–Trinajstić information content (AvgIpc) is 3.72. The average molecular weight is 948 g/mol. The molecule has 0 radical (unpaired) electrons. The maximum atomic E-state index is 13.5. The Morgan fingerprint density at radius 3 is 1.51 bits per heavy atom. The van der Waals surface area contributed by atoms with Crippen LogP contribution in [0.25, 0.3) is 0 Å². The molecule has 0 bridgehead atoms. The minimum atomic E-state index is -0.443. The maximum Gasteiger partial charge on any atom is 0.323 e.